The first-order chi connectivity index (χ1) is 11.4. The van der Waals surface area contributed by atoms with E-state index in [4.69, 9.17) is 0 Å². The predicted octanol–water partition coefficient (Wildman–Crippen LogP) is 2.40. The lowest BCUT2D eigenvalue weighted by Crippen LogP contribution is -2.21. The van der Waals surface area contributed by atoms with E-state index in [1.165, 1.54) is 24.5 Å². The Labute approximate surface area is 131 Å². The highest BCUT2D eigenvalue weighted by Gasteiger charge is 2.42. The smallest absolute Gasteiger partial charge is 0.318 e. The zero-order valence-corrected chi connectivity index (χ0v) is 11.7. The molecule has 0 unspecified atom stereocenters. The second kappa shape index (κ2) is 5.76. The topological polar surface area (TPSA) is 88.5 Å². The van der Waals surface area contributed by atoms with Gasteiger partial charge in [0.25, 0.3) is 5.91 Å². The van der Waals surface area contributed by atoms with Gasteiger partial charge in [0, 0.05) is 6.20 Å². The summed E-state index contributed by atoms with van der Waals surface area (Å²) >= 11 is 0. The molecular weight excluding hydrogens is 332 g/mol. The zero-order chi connectivity index (χ0) is 17.3. The van der Waals surface area contributed by atoms with Crippen molar-refractivity contribution in [3.63, 3.8) is 0 Å². The number of carbonyl (C=O) groups is 1. The van der Waals surface area contributed by atoms with Crippen LogP contribution < -0.4 is 5.32 Å². The number of alkyl halides is 3. The van der Waals surface area contributed by atoms with Gasteiger partial charge in [-0.05, 0) is 18.2 Å². The van der Waals surface area contributed by atoms with Crippen molar-refractivity contribution in [2.75, 3.05) is 5.32 Å². The van der Waals surface area contributed by atoms with Gasteiger partial charge >= 0.3 is 6.18 Å². The molecule has 2 heterocycles. The summed E-state index contributed by atoms with van der Waals surface area (Å²) in [6, 6.07) is 4.35. The van der Waals surface area contributed by atoms with Crippen LogP contribution in [0.15, 0.2) is 36.7 Å². The average molecular weight is 340 g/mol. The fourth-order valence-electron chi connectivity index (χ4n) is 1.99. The maximum atomic E-state index is 13.4. The van der Waals surface area contributed by atoms with E-state index in [2.05, 4.69) is 25.8 Å². The number of nitrogens with zero attached hydrogens (tertiary/aromatic N) is 4. The average Bonchev–Trinajstić information content (AvgIpc) is 3.15. The van der Waals surface area contributed by atoms with Crippen LogP contribution in [0.2, 0.25) is 0 Å². The van der Waals surface area contributed by atoms with Gasteiger partial charge < -0.3 is 5.32 Å². The highest BCUT2D eigenvalue weighted by atomic mass is 19.4. The molecule has 0 saturated heterocycles. The van der Waals surface area contributed by atoms with E-state index < -0.39 is 29.3 Å². The number of amides is 1. The van der Waals surface area contributed by atoms with Gasteiger partial charge in [-0.2, -0.15) is 18.3 Å². The molecule has 2 N–H and O–H groups in total. The van der Waals surface area contributed by atoms with Crippen LogP contribution in [-0.4, -0.2) is 31.1 Å². The maximum Gasteiger partial charge on any atom is 0.435 e. The molecule has 0 atom stereocenters. The van der Waals surface area contributed by atoms with Crippen molar-refractivity contribution in [3.05, 3.63) is 53.9 Å². The molecule has 7 nitrogen and oxygen atoms in total. The van der Waals surface area contributed by atoms with Gasteiger partial charge in [-0.3, -0.25) is 9.89 Å². The highest BCUT2D eigenvalue weighted by molar-refractivity contribution is 6.03. The van der Waals surface area contributed by atoms with Crippen molar-refractivity contribution in [2.24, 2.45) is 0 Å². The number of carbonyl (C=O) groups excluding carboxylic acids is 1. The van der Waals surface area contributed by atoms with E-state index >= 15 is 0 Å². The first kappa shape index (κ1) is 15.6. The van der Waals surface area contributed by atoms with Gasteiger partial charge in [0.05, 0.1) is 17.6 Å². The van der Waals surface area contributed by atoms with Crippen LogP contribution in [0, 0.1) is 5.82 Å². The number of benzene rings is 1. The third kappa shape index (κ3) is 2.95. The Morgan fingerprint density at radius 1 is 1.29 bits per heavy atom. The van der Waals surface area contributed by atoms with Crippen LogP contribution in [0.3, 0.4) is 0 Å². The normalized spacial score (nSPS) is 11.5. The van der Waals surface area contributed by atoms with Crippen molar-refractivity contribution in [3.8, 4) is 5.69 Å². The van der Waals surface area contributed by atoms with E-state index in [9.17, 15) is 22.4 Å². The molecule has 11 heteroatoms. The molecule has 0 saturated carbocycles. The molecule has 0 spiro atoms. The fraction of sp³-hybridized carbons (Fsp3) is 0.0769. The monoisotopic (exact) mass is 340 g/mol. The molecule has 0 fully saturated rings. The van der Waals surface area contributed by atoms with Crippen molar-refractivity contribution in [1.29, 1.82) is 0 Å². The Balaban J connectivity index is 2.06. The zero-order valence-electron chi connectivity index (χ0n) is 11.7. The standard InChI is InChI=1S/C13H8F4N6O/c14-7-2-1-3-9(4-7)23-11(13(15,16)17)10(21-22-23)12(24)20-8-5-18-19-6-8/h1-6H,(H,18,19)(H,20,24). The lowest BCUT2D eigenvalue weighted by Gasteiger charge is -2.11. The minimum atomic E-state index is -4.93. The minimum Gasteiger partial charge on any atom is -0.318 e. The summed E-state index contributed by atoms with van der Waals surface area (Å²) in [5, 5.41) is 14.8. The minimum absolute atomic E-state index is 0.161. The first-order valence-corrected chi connectivity index (χ1v) is 6.45. The molecule has 24 heavy (non-hydrogen) atoms. The lowest BCUT2D eigenvalue weighted by atomic mass is 10.2. The van der Waals surface area contributed by atoms with Crippen LogP contribution in [0.1, 0.15) is 16.2 Å². The lowest BCUT2D eigenvalue weighted by molar-refractivity contribution is -0.143. The molecule has 0 radical (unpaired) electrons. The Morgan fingerprint density at radius 2 is 2.08 bits per heavy atom. The first-order valence-electron chi connectivity index (χ1n) is 6.45. The molecular formula is C13H8F4N6O. The number of nitrogens with one attached hydrogen (secondary N) is 2. The summed E-state index contributed by atoms with van der Waals surface area (Å²) in [6.07, 6.45) is -2.44. The number of hydrogen-bond acceptors (Lipinski definition) is 4. The van der Waals surface area contributed by atoms with Crippen molar-refractivity contribution in [2.45, 2.75) is 6.18 Å². The fourth-order valence-corrected chi connectivity index (χ4v) is 1.99. The van der Waals surface area contributed by atoms with Crippen LogP contribution >= 0.6 is 0 Å². The van der Waals surface area contributed by atoms with E-state index in [1.54, 1.807) is 0 Å². The molecule has 1 amide bonds. The summed E-state index contributed by atoms with van der Waals surface area (Å²) in [5.41, 5.74) is -2.40. The largest absolute Gasteiger partial charge is 0.435 e. The Morgan fingerprint density at radius 3 is 2.71 bits per heavy atom. The number of halogens is 4. The Kier molecular flexibility index (Phi) is 3.75. The van der Waals surface area contributed by atoms with E-state index in [0.717, 1.165) is 12.1 Å². The second-order valence-electron chi connectivity index (χ2n) is 4.62. The van der Waals surface area contributed by atoms with Crippen LogP contribution in [0.5, 0.6) is 0 Å². The van der Waals surface area contributed by atoms with Crippen LogP contribution in [0.25, 0.3) is 5.69 Å². The molecule has 0 aliphatic rings. The summed E-state index contributed by atoms with van der Waals surface area (Å²) in [7, 11) is 0. The molecule has 0 aliphatic carbocycles. The van der Waals surface area contributed by atoms with Gasteiger partial charge in [0.2, 0.25) is 0 Å². The molecule has 0 bridgehead atoms. The van der Waals surface area contributed by atoms with Gasteiger partial charge in [-0.1, -0.05) is 11.3 Å². The van der Waals surface area contributed by atoms with Crippen molar-refractivity contribution < 1.29 is 22.4 Å². The predicted molar refractivity (Wildman–Crippen MR) is 72.9 cm³/mol. The molecule has 124 valence electrons. The number of H-pyrrole nitrogens is 1. The number of aromatic nitrogens is 5. The van der Waals surface area contributed by atoms with Gasteiger partial charge in [0.1, 0.15) is 5.82 Å². The quantitative estimate of drug-likeness (QED) is 0.717. The van der Waals surface area contributed by atoms with Crippen molar-refractivity contribution >= 4 is 11.6 Å². The third-order valence-electron chi connectivity index (χ3n) is 2.96. The summed E-state index contributed by atoms with van der Waals surface area (Å²) in [5.74, 6) is -1.87. The second-order valence-corrected chi connectivity index (χ2v) is 4.62. The summed E-state index contributed by atoms with van der Waals surface area (Å²) < 4.78 is 53.8. The van der Waals surface area contributed by atoms with Crippen LogP contribution in [-0.2, 0) is 6.18 Å². The summed E-state index contributed by atoms with van der Waals surface area (Å²) in [6.45, 7) is 0. The van der Waals surface area contributed by atoms with Gasteiger partial charge in [-0.25, -0.2) is 9.07 Å². The van der Waals surface area contributed by atoms with Crippen LogP contribution in [0.4, 0.5) is 23.2 Å². The number of aromatic amines is 1. The molecule has 0 aliphatic heterocycles. The molecule has 3 aromatic rings. The molecule has 1 aromatic carbocycles. The maximum absolute atomic E-state index is 13.4. The van der Waals surface area contributed by atoms with Gasteiger partial charge in [0.15, 0.2) is 11.4 Å². The number of hydrogen-bond donors (Lipinski definition) is 2. The molecule has 2 aromatic heterocycles. The molecule has 3 rings (SSSR count). The van der Waals surface area contributed by atoms with E-state index in [-0.39, 0.29) is 11.4 Å². The highest BCUT2D eigenvalue weighted by Crippen LogP contribution is 2.33. The Hall–Kier alpha value is -3.24. The SMILES string of the molecule is O=C(Nc1cn[nH]c1)c1nnn(-c2cccc(F)c2)c1C(F)(F)F. The number of rotatable bonds is 3. The summed E-state index contributed by atoms with van der Waals surface area (Å²) in [4.78, 5) is 12.0. The van der Waals surface area contributed by atoms with Crippen molar-refractivity contribution in [1.82, 2.24) is 25.2 Å². The van der Waals surface area contributed by atoms with E-state index in [1.807, 2.05) is 0 Å². The van der Waals surface area contributed by atoms with Gasteiger partial charge in [-0.15, -0.1) is 5.10 Å². The third-order valence-corrected chi connectivity index (χ3v) is 2.96. The van der Waals surface area contributed by atoms with E-state index in [0.29, 0.717) is 4.68 Å². The number of anilines is 1. The Bertz CT molecular complexity index is 871.